The van der Waals surface area contributed by atoms with Crippen molar-refractivity contribution in [2.75, 3.05) is 0 Å². The molecule has 0 unspecified atom stereocenters. The number of carbonyl (C=O) groups is 2. The molecule has 1 amide bonds. The molecule has 0 heterocycles. The van der Waals surface area contributed by atoms with Crippen LogP contribution in [0, 0.1) is 0 Å². The molecule has 1 aromatic carbocycles. The fourth-order valence-corrected chi connectivity index (χ4v) is 2.93. The second kappa shape index (κ2) is 10.6. The maximum Gasteiger partial charge on any atom is 0.387 e. The Morgan fingerprint density at radius 3 is 2.33 bits per heavy atom. The van der Waals surface area contributed by atoms with E-state index in [0.717, 1.165) is 25.7 Å². The molecule has 0 bridgehead atoms. The molecule has 5 nitrogen and oxygen atoms in total. The summed E-state index contributed by atoms with van der Waals surface area (Å²) in [6.07, 6.45) is 8.28. The summed E-state index contributed by atoms with van der Waals surface area (Å²) in [5.41, 5.74) is 0.615. The van der Waals surface area contributed by atoms with Crippen molar-refractivity contribution in [2.45, 2.75) is 64.2 Å². The minimum Gasteiger partial charge on any atom is -0.449 e. The quantitative estimate of drug-likeness (QED) is 0.439. The van der Waals surface area contributed by atoms with E-state index in [2.05, 4.69) is 10.1 Å². The third-order valence-electron chi connectivity index (χ3n) is 4.38. The molecule has 1 aliphatic carbocycles. The molecule has 0 radical (unpaired) electrons. The van der Waals surface area contributed by atoms with Crippen LogP contribution in [0.3, 0.4) is 0 Å². The maximum atomic E-state index is 12.2. The van der Waals surface area contributed by atoms with Gasteiger partial charge in [-0.2, -0.15) is 8.78 Å². The zero-order valence-electron chi connectivity index (χ0n) is 15.3. The molecule has 1 aliphatic rings. The van der Waals surface area contributed by atoms with Gasteiger partial charge in [-0.1, -0.05) is 37.8 Å². The highest BCUT2D eigenvalue weighted by Gasteiger charge is 2.21. The molecular formula is C20H25F2NO4. The molecular weight excluding hydrogens is 356 g/mol. The van der Waals surface area contributed by atoms with Gasteiger partial charge in [-0.05, 0) is 43.5 Å². The van der Waals surface area contributed by atoms with Crippen LogP contribution >= 0.6 is 0 Å². The van der Waals surface area contributed by atoms with Crippen molar-refractivity contribution in [2.24, 2.45) is 0 Å². The van der Waals surface area contributed by atoms with Crippen LogP contribution in [-0.4, -0.2) is 30.6 Å². The van der Waals surface area contributed by atoms with E-state index in [1.807, 2.05) is 0 Å². The first-order valence-corrected chi connectivity index (χ1v) is 9.18. The number of esters is 1. The smallest absolute Gasteiger partial charge is 0.387 e. The normalized spacial score (nSPS) is 16.7. The van der Waals surface area contributed by atoms with Gasteiger partial charge in [0.1, 0.15) is 5.75 Å². The Labute approximate surface area is 157 Å². The largest absolute Gasteiger partial charge is 0.449 e. The Bertz CT molecular complexity index is 638. The van der Waals surface area contributed by atoms with Crippen LogP contribution in [0.2, 0.25) is 0 Å². The van der Waals surface area contributed by atoms with Crippen molar-refractivity contribution in [3.8, 4) is 5.75 Å². The molecule has 1 aromatic rings. The van der Waals surface area contributed by atoms with E-state index in [0.29, 0.717) is 5.56 Å². The SMILES string of the molecule is C[C@@H](OC(=O)/C=C/c1ccc(OC(F)F)cc1)C(=O)NC1CCCCCC1. The summed E-state index contributed by atoms with van der Waals surface area (Å²) < 4.78 is 33.6. The first-order valence-electron chi connectivity index (χ1n) is 9.18. The lowest BCUT2D eigenvalue weighted by molar-refractivity contribution is -0.150. The topological polar surface area (TPSA) is 64.6 Å². The summed E-state index contributed by atoms with van der Waals surface area (Å²) in [6.45, 7) is -1.35. The van der Waals surface area contributed by atoms with Crippen LogP contribution in [0.15, 0.2) is 30.3 Å². The van der Waals surface area contributed by atoms with Crippen LogP contribution in [0.25, 0.3) is 6.08 Å². The number of halogens is 2. The van der Waals surface area contributed by atoms with Gasteiger partial charge < -0.3 is 14.8 Å². The molecule has 1 fully saturated rings. The first kappa shape index (κ1) is 20.9. The molecule has 0 aromatic heterocycles. The molecule has 7 heteroatoms. The summed E-state index contributed by atoms with van der Waals surface area (Å²) in [4.78, 5) is 24.0. The van der Waals surface area contributed by atoms with Gasteiger partial charge in [0, 0.05) is 12.1 Å². The summed E-state index contributed by atoms with van der Waals surface area (Å²) in [5.74, 6) is -0.905. The third kappa shape index (κ3) is 7.76. The van der Waals surface area contributed by atoms with E-state index in [1.165, 1.54) is 56.2 Å². The Morgan fingerprint density at radius 2 is 1.74 bits per heavy atom. The number of rotatable bonds is 7. The van der Waals surface area contributed by atoms with Crippen molar-refractivity contribution in [3.05, 3.63) is 35.9 Å². The summed E-state index contributed by atoms with van der Waals surface area (Å²) in [6, 6.07) is 5.96. The lowest BCUT2D eigenvalue weighted by Gasteiger charge is -2.19. The number of carbonyl (C=O) groups excluding carboxylic acids is 2. The van der Waals surface area contributed by atoms with Gasteiger partial charge in [0.05, 0.1) is 0 Å². The second-order valence-electron chi connectivity index (χ2n) is 6.56. The van der Waals surface area contributed by atoms with E-state index in [-0.39, 0.29) is 17.7 Å². The van der Waals surface area contributed by atoms with Crippen molar-refractivity contribution in [1.82, 2.24) is 5.32 Å². The predicted octanol–water partition coefficient (Wildman–Crippen LogP) is 4.07. The molecule has 2 rings (SSSR count). The van der Waals surface area contributed by atoms with Crippen molar-refractivity contribution >= 4 is 18.0 Å². The maximum absolute atomic E-state index is 12.2. The van der Waals surface area contributed by atoms with Crippen LogP contribution < -0.4 is 10.1 Å². The fraction of sp³-hybridized carbons (Fsp3) is 0.500. The van der Waals surface area contributed by atoms with Gasteiger partial charge in [-0.25, -0.2) is 4.79 Å². The number of alkyl halides is 2. The fourth-order valence-electron chi connectivity index (χ4n) is 2.93. The zero-order chi connectivity index (χ0) is 19.6. The molecule has 0 saturated heterocycles. The van der Waals surface area contributed by atoms with E-state index in [1.54, 1.807) is 0 Å². The number of hydrogen-bond acceptors (Lipinski definition) is 4. The van der Waals surface area contributed by atoms with Crippen LogP contribution in [0.5, 0.6) is 5.75 Å². The minimum absolute atomic E-state index is 0.0357. The van der Waals surface area contributed by atoms with Crippen molar-refractivity contribution in [1.29, 1.82) is 0 Å². The Morgan fingerprint density at radius 1 is 1.11 bits per heavy atom. The van der Waals surface area contributed by atoms with Gasteiger partial charge >= 0.3 is 12.6 Å². The van der Waals surface area contributed by atoms with Crippen molar-refractivity contribution in [3.63, 3.8) is 0 Å². The van der Waals surface area contributed by atoms with Crippen LogP contribution in [0.1, 0.15) is 51.0 Å². The number of hydrogen-bond donors (Lipinski definition) is 1. The molecule has 1 saturated carbocycles. The summed E-state index contributed by atoms with van der Waals surface area (Å²) in [7, 11) is 0. The minimum atomic E-state index is -2.88. The predicted molar refractivity (Wildman–Crippen MR) is 97.3 cm³/mol. The Hall–Kier alpha value is -2.44. The number of amides is 1. The molecule has 27 heavy (non-hydrogen) atoms. The molecule has 1 N–H and O–H groups in total. The van der Waals surface area contributed by atoms with Gasteiger partial charge in [0.2, 0.25) is 0 Å². The lowest BCUT2D eigenvalue weighted by Crippen LogP contribution is -2.41. The Balaban J connectivity index is 1.79. The van der Waals surface area contributed by atoms with Gasteiger partial charge in [0.25, 0.3) is 5.91 Å². The standard InChI is InChI=1S/C20H25F2NO4/c1-14(19(25)23-16-6-4-2-3-5-7-16)26-18(24)13-10-15-8-11-17(12-9-15)27-20(21)22/h8-14,16,20H,2-7H2,1H3,(H,23,25)/b13-10+/t14-/m1/s1. The van der Waals surface area contributed by atoms with E-state index in [9.17, 15) is 18.4 Å². The van der Waals surface area contributed by atoms with Crippen LogP contribution in [0.4, 0.5) is 8.78 Å². The lowest BCUT2D eigenvalue weighted by atomic mass is 10.1. The highest BCUT2D eigenvalue weighted by Crippen LogP contribution is 2.18. The number of benzene rings is 1. The van der Waals surface area contributed by atoms with Gasteiger partial charge in [-0.3, -0.25) is 4.79 Å². The molecule has 0 aliphatic heterocycles. The third-order valence-corrected chi connectivity index (χ3v) is 4.38. The zero-order valence-corrected chi connectivity index (χ0v) is 15.3. The van der Waals surface area contributed by atoms with E-state index < -0.39 is 18.7 Å². The monoisotopic (exact) mass is 381 g/mol. The average Bonchev–Trinajstić information content (AvgIpc) is 2.89. The number of nitrogens with one attached hydrogen (secondary N) is 1. The second-order valence-corrected chi connectivity index (χ2v) is 6.56. The highest BCUT2D eigenvalue weighted by atomic mass is 19.3. The van der Waals surface area contributed by atoms with Gasteiger partial charge in [-0.15, -0.1) is 0 Å². The molecule has 0 spiro atoms. The first-order chi connectivity index (χ1) is 12.9. The Kier molecular flexibility index (Phi) is 8.23. The molecule has 1 atom stereocenters. The van der Waals surface area contributed by atoms with Crippen LogP contribution in [-0.2, 0) is 14.3 Å². The molecule has 148 valence electrons. The van der Waals surface area contributed by atoms with E-state index in [4.69, 9.17) is 4.74 Å². The summed E-state index contributed by atoms with van der Waals surface area (Å²) >= 11 is 0. The number of ether oxygens (including phenoxy) is 2. The summed E-state index contributed by atoms with van der Waals surface area (Å²) in [5, 5.41) is 2.94. The van der Waals surface area contributed by atoms with Crippen molar-refractivity contribution < 1.29 is 27.8 Å². The van der Waals surface area contributed by atoms with Gasteiger partial charge in [0.15, 0.2) is 6.10 Å². The highest BCUT2D eigenvalue weighted by molar-refractivity contribution is 5.90. The average molecular weight is 381 g/mol. The van der Waals surface area contributed by atoms with E-state index >= 15 is 0 Å².